The summed E-state index contributed by atoms with van der Waals surface area (Å²) in [6, 6.07) is 14.5. The predicted molar refractivity (Wildman–Crippen MR) is 111 cm³/mol. The van der Waals surface area contributed by atoms with E-state index < -0.39 is 0 Å². The van der Waals surface area contributed by atoms with Crippen molar-refractivity contribution in [2.75, 3.05) is 33.9 Å². The zero-order valence-corrected chi connectivity index (χ0v) is 17.0. The first-order valence-corrected chi connectivity index (χ1v) is 9.89. The summed E-state index contributed by atoms with van der Waals surface area (Å²) in [5, 5.41) is 3.13. The Balaban J connectivity index is 1.64. The van der Waals surface area contributed by atoms with Crippen molar-refractivity contribution in [3.05, 3.63) is 59.2 Å². The second kappa shape index (κ2) is 9.60. The minimum atomic E-state index is 0.0172. The summed E-state index contributed by atoms with van der Waals surface area (Å²) in [6.07, 6.45) is 2.77. The zero-order chi connectivity index (χ0) is 19.9. The molecule has 1 fully saturated rings. The Hall–Kier alpha value is -2.53. The largest absolute Gasteiger partial charge is 0.493 e. The molecule has 1 aliphatic heterocycles. The van der Waals surface area contributed by atoms with Gasteiger partial charge in [-0.3, -0.25) is 9.69 Å². The fourth-order valence-corrected chi connectivity index (χ4v) is 3.75. The molecular formula is C23H30N2O3. The molecule has 2 aromatic rings. The quantitative estimate of drug-likeness (QED) is 0.759. The molecule has 0 aliphatic carbocycles. The van der Waals surface area contributed by atoms with E-state index in [-0.39, 0.29) is 11.9 Å². The lowest BCUT2D eigenvalue weighted by molar-refractivity contribution is -0.120. The number of methoxy groups -OCH3 is 2. The molecule has 0 radical (unpaired) electrons. The van der Waals surface area contributed by atoms with Crippen LogP contribution in [0.2, 0.25) is 0 Å². The minimum Gasteiger partial charge on any atom is -0.493 e. The number of benzene rings is 2. The van der Waals surface area contributed by atoms with E-state index in [4.69, 9.17) is 9.47 Å². The average Bonchev–Trinajstić information content (AvgIpc) is 3.24. The average molecular weight is 383 g/mol. The third-order valence-electron chi connectivity index (χ3n) is 5.35. The van der Waals surface area contributed by atoms with E-state index in [1.807, 2.05) is 18.2 Å². The third-order valence-corrected chi connectivity index (χ3v) is 5.35. The molecule has 0 spiro atoms. The van der Waals surface area contributed by atoms with Crippen molar-refractivity contribution in [3.63, 3.8) is 0 Å². The van der Waals surface area contributed by atoms with Crippen LogP contribution in [0, 0.1) is 6.92 Å². The first-order valence-electron chi connectivity index (χ1n) is 9.89. The topological polar surface area (TPSA) is 50.8 Å². The lowest BCUT2D eigenvalue weighted by Crippen LogP contribution is -2.37. The second-order valence-corrected chi connectivity index (χ2v) is 7.34. The van der Waals surface area contributed by atoms with Gasteiger partial charge in [0, 0.05) is 6.54 Å². The van der Waals surface area contributed by atoms with E-state index in [0.717, 1.165) is 18.7 Å². The van der Waals surface area contributed by atoms with Crippen molar-refractivity contribution < 1.29 is 14.3 Å². The Kier molecular flexibility index (Phi) is 6.93. The molecule has 150 valence electrons. The van der Waals surface area contributed by atoms with Gasteiger partial charge < -0.3 is 14.8 Å². The lowest BCUT2D eigenvalue weighted by atomic mass is 10.0. The van der Waals surface area contributed by atoms with Gasteiger partial charge in [-0.05, 0) is 56.1 Å². The summed E-state index contributed by atoms with van der Waals surface area (Å²) in [7, 11) is 3.21. The summed E-state index contributed by atoms with van der Waals surface area (Å²) in [5.41, 5.74) is 3.42. The molecule has 1 N–H and O–H groups in total. The minimum absolute atomic E-state index is 0.0172. The molecule has 3 rings (SSSR count). The molecule has 1 saturated heterocycles. The van der Waals surface area contributed by atoms with Gasteiger partial charge in [-0.2, -0.15) is 0 Å². The Morgan fingerprint density at radius 2 is 1.71 bits per heavy atom. The number of aryl methyl sites for hydroxylation is 1. The van der Waals surface area contributed by atoms with E-state index >= 15 is 0 Å². The number of nitrogens with zero attached hydrogens (tertiary/aromatic N) is 1. The van der Waals surface area contributed by atoms with Crippen molar-refractivity contribution in [2.24, 2.45) is 0 Å². The molecule has 1 aliphatic rings. The highest BCUT2D eigenvalue weighted by Gasteiger charge is 2.24. The van der Waals surface area contributed by atoms with Gasteiger partial charge in [-0.1, -0.05) is 35.9 Å². The number of carbonyl (C=O) groups is 1. The Bertz CT molecular complexity index is 783. The van der Waals surface area contributed by atoms with Crippen LogP contribution in [0.25, 0.3) is 0 Å². The van der Waals surface area contributed by atoms with Crippen LogP contribution in [0.15, 0.2) is 42.5 Å². The first-order chi connectivity index (χ1) is 13.6. The van der Waals surface area contributed by atoms with Gasteiger partial charge in [0.05, 0.1) is 26.7 Å². The smallest absolute Gasteiger partial charge is 0.224 e. The van der Waals surface area contributed by atoms with E-state index in [1.54, 1.807) is 14.2 Å². The fraction of sp³-hybridized carbons (Fsp3) is 0.435. The monoisotopic (exact) mass is 382 g/mol. The number of nitrogens with one attached hydrogen (secondary N) is 1. The summed E-state index contributed by atoms with van der Waals surface area (Å²) in [5.74, 6) is 1.33. The lowest BCUT2D eigenvalue weighted by Gasteiger charge is -2.28. The van der Waals surface area contributed by atoms with Crippen LogP contribution in [0.1, 0.15) is 35.6 Å². The second-order valence-electron chi connectivity index (χ2n) is 7.34. The maximum Gasteiger partial charge on any atom is 0.224 e. The maximum absolute atomic E-state index is 12.6. The molecule has 5 nitrogen and oxygen atoms in total. The maximum atomic E-state index is 12.6. The van der Waals surface area contributed by atoms with Crippen LogP contribution in [0.3, 0.4) is 0 Å². The Morgan fingerprint density at radius 3 is 2.36 bits per heavy atom. The van der Waals surface area contributed by atoms with Crippen molar-refractivity contribution in [1.82, 2.24) is 10.2 Å². The number of carbonyl (C=O) groups excluding carboxylic acids is 1. The van der Waals surface area contributed by atoms with E-state index in [9.17, 15) is 4.79 Å². The number of hydrogen-bond donors (Lipinski definition) is 1. The zero-order valence-electron chi connectivity index (χ0n) is 17.0. The fourth-order valence-electron chi connectivity index (χ4n) is 3.75. The van der Waals surface area contributed by atoms with Crippen LogP contribution in [0.4, 0.5) is 0 Å². The Morgan fingerprint density at radius 1 is 1.04 bits per heavy atom. The first kappa shape index (κ1) is 20.2. The summed E-state index contributed by atoms with van der Waals surface area (Å²) in [4.78, 5) is 15.0. The summed E-state index contributed by atoms with van der Waals surface area (Å²) in [6.45, 7) is 4.89. The number of likely N-dealkylation sites (tertiary alicyclic amines) is 1. The standard InChI is InChI=1S/C23H30N2O3/c1-17-6-9-19(10-7-17)20(25-12-4-5-13-25)16-24-23(26)15-18-8-11-21(27-2)22(14-18)28-3/h6-11,14,20H,4-5,12-13,15-16H2,1-3H3,(H,24,26). The van der Waals surface area contributed by atoms with Gasteiger partial charge in [0.1, 0.15) is 0 Å². The number of hydrogen-bond acceptors (Lipinski definition) is 4. The van der Waals surface area contributed by atoms with Crippen LogP contribution in [-0.2, 0) is 11.2 Å². The molecule has 5 heteroatoms. The van der Waals surface area contributed by atoms with E-state index in [0.29, 0.717) is 24.5 Å². The number of rotatable bonds is 8. The van der Waals surface area contributed by atoms with Crippen molar-refractivity contribution in [1.29, 1.82) is 0 Å². The molecule has 1 heterocycles. The van der Waals surface area contributed by atoms with Crippen LogP contribution < -0.4 is 14.8 Å². The number of ether oxygens (including phenoxy) is 2. The molecule has 0 aromatic heterocycles. The highest BCUT2D eigenvalue weighted by atomic mass is 16.5. The van der Waals surface area contributed by atoms with Crippen LogP contribution >= 0.6 is 0 Å². The van der Waals surface area contributed by atoms with Gasteiger partial charge >= 0.3 is 0 Å². The third kappa shape index (κ3) is 5.04. The van der Waals surface area contributed by atoms with Gasteiger partial charge in [-0.25, -0.2) is 0 Å². The van der Waals surface area contributed by atoms with Gasteiger partial charge in [0.25, 0.3) is 0 Å². The molecule has 1 atom stereocenters. The SMILES string of the molecule is COc1ccc(CC(=O)NCC(c2ccc(C)cc2)N2CCCC2)cc1OC. The molecule has 1 amide bonds. The van der Waals surface area contributed by atoms with E-state index in [1.165, 1.54) is 24.0 Å². The van der Waals surface area contributed by atoms with Gasteiger partial charge in [-0.15, -0.1) is 0 Å². The van der Waals surface area contributed by atoms with Gasteiger partial charge in [0.2, 0.25) is 5.91 Å². The summed E-state index contributed by atoms with van der Waals surface area (Å²) < 4.78 is 10.6. The predicted octanol–water partition coefficient (Wildman–Crippen LogP) is 3.51. The Labute approximate surface area is 167 Å². The number of amides is 1. The van der Waals surface area contributed by atoms with Crippen molar-refractivity contribution in [2.45, 2.75) is 32.2 Å². The highest BCUT2D eigenvalue weighted by molar-refractivity contribution is 5.78. The molecule has 0 bridgehead atoms. The summed E-state index contributed by atoms with van der Waals surface area (Å²) >= 11 is 0. The molecule has 2 aromatic carbocycles. The van der Waals surface area contributed by atoms with Crippen LogP contribution in [0.5, 0.6) is 11.5 Å². The van der Waals surface area contributed by atoms with E-state index in [2.05, 4.69) is 41.4 Å². The van der Waals surface area contributed by atoms with Crippen LogP contribution in [-0.4, -0.2) is 44.7 Å². The normalized spacial score (nSPS) is 15.2. The molecule has 0 saturated carbocycles. The van der Waals surface area contributed by atoms with Crippen molar-refractivity contribution >= 4 is 5.91 Å². The highest BCUT2D eigenvalue weighted by Crippen LogP contribution is 2.28. The molecular weight excluding hydrogens is 352 g/mol. The van der Waals surface area contributed by atoms with Crippen molar-refractivity contribution in [3.8, 4) is 11.5 Å². The van der Waals surface area contributed by atoms with Gasteiger partial charge in [0.15, 0.2) is 11.5 Å². The molecule has 1 unspecified atom stereocenters. The molecule has 28 heavy (non-hydrogen) atoms.